The van der Waals surface area contributed by atoms with E-state index in [1.807, 2.05) is 6.92 Å². The molecule has 0 aliphatic carbocycles. The first-order valence-electron chi connectivity index (χ1n) is 11.3. The monoisotopic (exact) mass is 436 g/mol. The lowest BCUT2D eigenvalue weighted by Crippen LogP contribution is -2.22. The highest BCUT2D eigenvalue weighted by molar-refractivity contribution is 7.99. The molecule has 0 radical (unpaired) electrons. The number of carbonyl (C=O) groups excluding carboxylic acids is 2. The molecule has 0 aromatic heterocycles. The van der Waals surface area contributed by atoms with E-state index in [0.717, 1.165) is 63.9 Å². The van der Waals surface area contributed by atoms with Crippen molar-refractivity contribution < 1.29 is 23.8 Å². The molecule has 1 fully saturated rings. The summed E-state index contributed by atoms with van der Waals surface area (Å²) in [5.41, 5.74) is 1.35. The molecule has 0 bridgehead atoms. The second-order valence-electron chi connectivity index (χ2n) is 7.66. The summed E-state index contributed by atoms with van der Waals surface area (Å²) in [6, 6.07) is 8.68. The van der Waals surface area contributed by atoms with E-state index >= 15 is 0 Å². The van der Waals surface area contributed by atoms with Gasteiger partial charge in [-0.25, -0.2) is 0 Å². The van der Waals surface area contributed by atoms with Gasteiger partial charge < -0.3 is 14.2 Å². The van der Waals surface area contributed by atoms with Crippen LogP contribution in [0.15, 0.2) is 29.2 Å². The topological polar surface area (TPSA) is 61.8 Å². The summed E-state index contributed by atoms with van der Waals surface area (Å²) in [7, 11) is 0. The van der Waals surface area contributed by atoms with Crippen LogP contribution in [0.5, 0.6) is 0 Å². The lowest BCUT2D eigenvalue weighted by Gasteiger charge is -2.22. The summed E-state index contributed by atoms with van der Waals surface area (Å²) in [5.74, 6) is 0.443. The molecule has 0 spiro atoms. The zero-order chi connectivity index (χ0) is 21.4. The summed E-state index contributed by atoms with van der Waals surface area (Å²) in [6.45, 7) is 3.91. The number of hydrogen-bond donors (Lipinski definition) is 0. The van der Waals surface area contributed by atoms with Crippen molar-refractivity contribution >= 4 is 23.5 Å². The Morgan fingerprint density at radius 2 is 1.93 bits per heavy atom. The Morgan fingerprint density at radius 3 is 2.67 bits per heavy atom. The molecule has 5 nitrogen and oxygen atoms in total. The van der Waals surface area contributed by atoms with E-state index in [4.69, 9.17) is 14.2 Å². The molecule has 1 unspecified atom stereocenters. The fourth-order valence-electron chi connectivity index (χ4n) is 3.26. The molecular formula is C24H36O5S. The maximum Gasteiger partial charge on any atom is 0.313 e. The first-order chi connectivity index (χ1) is 14.7. The van der Waals surface area contributed by atoms with Gasteiger partial charge in [0.1, 0.15) is 12.2 Å². The molecule has 168 valence electrons. The maximum atomic E-state index is 11.5. The number of aryl methyl sites for hydroxylation is 1. The minimum atomic E-state index is -0.403. The number of esters is 1. The van der Waals surface area contributed by atoms with Crippen molar-refractivity contribution in [2.24, 2.45) is 0 Å². The number of carbonyl (C=O) groups is 2. The molecule has 30 heavy (non-hydrogen) atoms. The van der Waals surface area contributed by atoms with Crippen LogP contribution in [0.3, 0.4) is 0 Å². The van der Waals surface area contributed by atoms with Gasteiger partial charge in [-0.2, -0.15) is 0 Å². The molecule has 1 saturated heterocycles. The van der Waals surface area contributed by atoms with Crippen LogP contribution in [-0.4, -0.2) is 43.6 Å². The summed E-state index contributed by atoms with van der Waals surface area (Å²) in [4.78, 5) is 24.2. The second kappa shape index (κ2) is 15.4. The number of hydrogen-bond acceptors (Lipinski definition) is 6. The molecule has 1 aromatic rings. The van der Waals surface area contributed by atoms with Gasteiger partial charge >= 0.3 is 5.97 Å². The quantitative estimate of drug-likeness (QED) is 0.160. The SMILES string of the molecule is CCCC(=O)CC(=O)OCCCSc1ccc(CCCCOC2CCCCO2)cc1. The first-order valence-corrected chi connectivity index (χ1v) is 12.3. The van der Waals surface area contributed by atoms with Gasteiger partial charge in [-0.1, -0.05) is 19.1 Å². The number of Topliss-reactive ketones (excluding diaryl/α,β-unsaturated/α-hetero) is 1. The highest BCUT2D eigenvalue weighted by Gasteiger charge is 2.13. The minimum Gasteiger partial charge on any atom is -0.465 e. The van der Waals surface area contributed by atoms with Gasteiger partial charge in [0.25, 0.3) is 0 Å². The molecule has 0 N–H and O–H groups in total. The summed E-state index contributed by atoms with van der Waals surface area (Å²) >= 11 is 1.76. The molecule has 0 saturated carbocycles. The van der Waals surface area contributed by atoms with E-state index in [2.05, 4.69) is 24.3 Å². The zero-order valence-corrected chi connectivity index (χ0v) is 19.1. The van der Waals surface area contributed by atoms with Crippen molar-refractivity contribution in [3.8, 4) is 0 Å². The summed E-state index contributed by atoms with van der Waals surface area (Å²) in [5, 5.41) is 0. The number of rotatable bonds is 15. The molecule has 6 heteroatoms. The van der Waals surface area contributed by atoms with E-state index in [0.29, 0.717) is 13.0 Å². The smallest absolute Gasteiger partial charge is 0.313 e. The molecule has 1 aliphatic rings. The Kier molecular flexibility index (Phi) is 12.8. The predicted octanol–water partition coefficient (Wildman–Crippen LogP) is 5.34. The normalized spacial score (nSPS) is 16.4. The Morgan fingerprint density at radius 1 is 1.10 bits per heavy atom. The van der Waals surface area contributed by atoms with Crippen LogP contribution in [0, 0.1) is 0 Å². The van der Waals surface area contributed by atoms with Crippen LogP contribution in [-0.2, 0) is 30.2 Å². The van der Waals surface area contributed by atoms with E-state index in [9.17, 15) is 9.59 Å². The minimum absolute atomic E-state index is 0.0159. The Bertz CT molecular complexity index is 611. The number of ketones is 1. The lowest BCUT2D eigenvalue weighted by atomic mass is 10.1. The molecule has 1 atom stereocenters. The highest BCUT2D eigenvalue weighted by Crippen LogP contribution is 2.20. The average Bonchev–Trinajstić information content (AvgIpc) is 2.75. The third kappa shape index (κ3) is 11.1. The van der Waals surface area contributed by atoms with Crippen molar-refractivity contribution in [2.45, 2.75) is 82.3 Å². The molecule has 2 rings (SSSR count). The maximum absolute atomic E-state index is 11.5. The molecule has 1 aromatic carbocycles. The number of thioether (sulfide) groups is 1. The van der Waals surface area contributed by atoms with Crippen molar-refractivity contribution in [1.82, 2.24) is 0 Å². The van der Waals surface area contributed by atoms with Gasteiger partial charge in [-0.05, 0) is 69.1 Å². The third-order valence-electron chi connectivity index (χ3n) is 4.92. The Hall–Kier alpha value is -1.37. The molecule has 0 amide bonds. The first kappa shape index (κ1) is 24.9. The van der Waals surface area contributed by atoms with E-state index in [1.54, 1.807) is 11.8 Å². The number of benzene rings is 1. The molecule has 1 aliphatic heterocycles. The summed E-state index contributed by atoms with van der Waals surface area (Å²) in [6.07, 6.45) is 8.55. The van der Waals surface area contributed by atoms with Crippen LogP contribution in [0.1, 0.15) is 70.3 Å². The van der Waals surface area contributed by atoms with Crippen LogP contribution < -0.4 is 0 Å². The zero-order valence-electron chi connectivity index (χ0n) is 18.2. The third-order valence-corrected chi connectivity index (χ3v) is 6.01. The van der Waals surface area contributed by atoms with Gasteiger partial charge in [0.2, 0.25) is 0 Å². The lowest BCUT2D eigenvalue weighted by molar-refractivity contribution is -0.162. The van der Waals surface area contributed by atoms with Gasteiger partial charge in [0, 0.05) is 30.3 Å². The van der Waals surface area contributed by atoms with Crippen LogP contribution in [0.25, 0.3) is 0 Å². The summed E-state index contributed by atoms with van der Waals surface area (Å²) < 4.78 is 16.5. The highest BCUT2D eigenvalue weighted by atomic mass is 32.2. The van der Waals surface area contributed by atoms with Crippen molar-refractivity contribution in [1.29, 1.82) is 0 Å². The van der Waals surface area contributed by atoms with Gasteiger partial charge in [-0.15, -0.1) is 11.8 Å². The Labute approximate surface area is 185 Å². The van der Waals surface area contributed by atoms with Crippen molar-refractivity contribution in [3.63, 3.8) is 0 Å². The Balaban J connectivity index is 1.49. The second-order valence-corrected chi connectivity index (χ2v) is 8.82. The number of ether oxygens (including phenoxy) is 3. The van der Waals surface area contributed by atoms with Crippen LogP contribution in [0.4, 0.5) is 0 Å². The van der Waals surface area contributed by atoms with E-state index < -0.39 is 5.97 Å². The van der Waals surface area contributed by atoms with E-state index in [-0.39, 0.29) is 18.5 Å². The predicted molar refractivity (Wildman–Crippen MR) is 120 cm³/mol. The van der Waals surface area contributed by atoms with Gasteiger partial charge in [-0.3, -0.25) is 9.59 Å². The van der Waals surface area contributed by atoms with Crippen LogP contribution in [0.2, 0.25) is 0 Å². The fourth-order valence-corrected chi connectivity index (χ4v) is 4.08. The van der Waals surface area contributed by atoms with Crippen molar-refractivity contribution in [3.05, 3.63) is 29.8 Å². The van der Waals surface area contributed by atoms with Gasteiger partial charge in [0.15, 0.2) is 6.29 Å². The number of unbranched alkanes of at least 4 members (excludes halogenated alkanes) is 1. The van der Waals surface area contributed by atoms with Gasteiger partial charge in [0.05, 0.1) is 6.61 Å². The van der Waals surface area contributed by atoms with Crippen molar-refractivity contribution in [2.75, 3.05) is 25.6 Å². The van der Waals surface area contributed by atoms with Crippen LogP contribution >= 0.6 is 11.8 Å². The fraction of sp³-hybridized carbons (Fsp3) is 0.667. The van der Waals surface area contributed by atoms with E-state index in [1.165, 1.54) is 16.9 Å². The standard InChI is InChI=1S/C24H36O5S/c1-2-8-21(25)19-23(26)27-17-7-18-30-22-13-11-20(12-14-22)9-3-5-15-28-24-10-4-6-16-29-24/h11-14,24H,2-10,15-19H2,1H3. The average molecular weight is 437 g/mol. The largest absolute Gasteiger partial charge is 0.465 e. The molecule has 1 heterocycles. The molecular weight excluding hydrogens is 400 g/mol.